The second kappa shape index (κ2) is 10.4. The summed E-state index contributed by atoms with van der Waals surface area (Å²) in [6, 6.07) is -1.29. The van der Waals surface area contributed by atoms with E-state index >= 15 is 0 Å². The van der Waals surface area contributed by atoms with Crippen molar-refractivity contribution in [3.05, 3.63) is 25.3 Å². The second-order valence-corrected chi connectivity index (χ2v) is 14.7. The first-order valence-corrected chi connectivity index (χ1v) is 14.4. The summed E-state index contributed by atoms with van der Waals surface area (Å²) in [5, 5.41) is 10.2. The standard InChI is InChI=1S/C29H47N3O4S/c1-11-13-30(10)24(34)21-20-15-18(3)29(37-20)22(21)25(35)32(19(4)16-33)23(29)26(36)31(14-12-2)28(8,9)17-27(5,6)7/h11-12,18-23,33H,1-2,13-17H2,3-10H3/t18?,19-,20-,21+,22+,23?,29?/m1/s1. The number of likely N-dealkylation sites (N-methyl/N-ethyl adjacent to an activating group) is 1. The first kappa shape index (κ1) is 29.8. The molecule has 2 bridgehead atoms. The summed E-state index contributed by atoms with van der Waals surface area (Å²) in [6.07, 6.45) is 4.98. The van der Waals surface area contributed by atoms with Crippen molar-refractivity contribution < 1.29 is 19.5 Å². The van der Waals surface area contributed by atoms with Gasteiger partial charge in [-0.05, 0) is 44.9 Å². The number of carbonyl (C=O) groups excluding carboxylic acids is 3. The van der Waals surface area contributed by atoms with Crippen LogP contribution in [0.25, 0.3) is 0 Å². The third-order valence-electron chi connectivity index (χ3n) is 8.49. The number of carbonyl (C=O) groups is 3. The quantitative estimate of drug-likeness (QED) is 0.434. The van der Waals surface area contributed by atoms with Crippen molar-refractivity contribution >= 4 is 29.5 Å². The number of rotatable bonds is 10. The highest BCUT2D eigenvalue weighted by Gasteiger charge is 2.77. The van der Waals surface area contributed by atoms with Crippen LogP contribution in [0.1, 0.15) is 61.3 Å². The van der Waals surface area contributed by atoms with Gasteiger partial charge in [0.15, 0.2) is 0 Å². The molecule has 1 N–H and O–H groups in total. The summed E-state index contributed by atoms with van der Waals surface area (Å²) in [6.45, 7) is 22.7. The van der Waals surface area contributed by atoms with Crippen LogP contribution in [0, 0.1) is 23.2 Å². The van der Waals surface area contributed by atoms with E-state index in [-0.39, 0.29) is 40.9 Å². The lowest BCUT2D eigenvalue weighted by Crippen LogP contribution is -2.62. The molecule has 3 unspecified atom stereocenters. The maximum Gasteiger partial charge on any atom is 0.247 e. The Hall–Kier alpha value is -1.80. The number of fused-ring (bicyclic) bond motifs is 1. The monoisotopic (exact) mass is 533 g/mol. The Kier molecular flexibility index (Phi) is 8.36. The molecule has 0 aliphatic carbocycles. The van der Waals surface area contributed by atoms with Crippen molar-refractivity contribution in [2.75, 3.05) is 26.7 Å². The van der Waals surface area contributed by atoms with Crippen molar-refractivity contribution in [3.8, 4) is 0 Å². The molecule has 1 spiro atoms. The van der Waals surface area contributed by atoms with Crippen LogP contribution >= 0.6 is 11.8 Å². The lowest BCUT2D eigenvalue weighted by atomic mass is 9.65. The minimum Gasteiger partial charge on any atom is -0.394 e. The Balaban J connectivity index is 2.14. The molecule has 0 aromatic heterocycles. The molecular formula is C29H47N3O4S. The van der Waals surface area contributed by atoms with Crippen LogP contribution in [0.3, 0.4) is 0 Å². The molecule has 3 heterocycles. The molecule has 0 radical (unpaired) electrons. The van der Waals surface area contributed by atoms with Crippen molar-refractivity contribution in [2.24, 2.45) is 23.2 Å². The van der Waals surface area contributed by atoms with Crippen LogP contribution in [0.15, 0.2) is 25.3 Å². The molecule has 8 heteroatoms. The predicted molar refractivity (Wildman–Crippen MR) is 150 cm³/mol. The van der Waals surface area contributed by atoms with Gasteiger partial charge in [0, 0.05) is 30.9 Å². The van der Waals surface area contributed by atoms with Crippen LogP contribution < -0.4 is 0 Å². The van der Waals surface area contributed by atoms with Crippen molar-refractivity contribution in [1.29, 1.82) is 0 Å². The molecule has 3 saturated heterocycles. The average molecular weight is 534 g/mol. The van der Waals surface area contributed by atoms with Gasteiger partial charge in [-0.25, -0.2) is 0 Å². The number of hydrogen-bond donors (Lipinski definition) is 1. The molecule has 0 saturated carbocycles. The third kappa shape index (κ3) is 4.88. The summed E-state index contributed by atoms with van der Waals surface area (Å²) in [7, 11) is 1.74. The topological polar surface area (TPSA) is 81.2 Å². The molecule has 3 aliphatic heterocycles. The van der Waals surface area contributed by atoms with E-state index in [1.165, 1.54) is 0 Å². The van der Waals surface area contributed by atoms with E-state index in [0.717, 1.165) is 12.8 Å². The molecule has 3 rings (SSSR count). The van der Waals surface area contributed by atoms with Crippen LogP contribution in [0.5, 0.6) is 0 Å². The third-order valence-corrected chi connectivity index (χ3v) is 10.6. The van der Waals surface area contributed by atoms with Gasteiger partial charge in [0.2, 0.25) is 17.7 Å². The van der Waals surface area contributed by atoms with E-state index < -0.39 is 34.2 Å². The van der Waals surface area contributed by atoms with Gasteiger partial charge in [0.25, 0.3) is 0 Å². The van der Waals surface area contributed by atoms with E-state index in [4.69, 9.17) is 0 Å². The van der Waals surface area contributed by atoms with Crippen molar-refractivity contribution in [2.45, 2.75) is 88.9 Å². The molecule has 0 aromatic rings. The fraction of sp³-hybridized carbons (Fsp3) is 0.759. The zero-order chi connectivity index (χ0) is 28.1. The van der Waals surface area contributed by atoms with E-state index in [2.05, 4.69) is 54.7 Å². The zero-order valence-corrected chi connectivity index (χ0v) is 24.8. The van der Waals surface area contributed by atoms with Crippen LogP contribution in [0.2, 0.25) is 0 Å². The van der Waals surface area contributed by atoms with E-state index in [1.807, 2.05) is 4.90 Å². The van der Waals surface area contributed by atoms with Gasteiger partial charge in [-0.3, -0.25) is 14.4 Å². The predicted octanol–water partition coefficient (Wildman–Crippen LogP) is 3.58. The minimum atomic E-state index is -0.751. The largest absolute Gasteiger partial charge is 0.394 e. The van der Waals surface area contributed by atoms with Crippen LogP contribution in [-0.4, -0.2) is 91.9 Å². The Labute approximate surface area is 227 Å². The molecule has 3 amide bonds. The van der Waals surface area contributed by atoms with Gasteiger partial charge in [0.1, 0.15) is 6.04 Å². The van der Waals surface area contributed by atoms with Crippen molar-refractivity contribution in [3.63, 3.8) is 0 Å². The van der Waals surface area contributed by atoms with Gasteiger partial charge in [-0.1, -0.05) is 39.8 Å². The molecule has 0 aromatic carbocycles. The normalized spacial score (nSPS) is 31.8. The molecule has 7 atom stereocenters. The highest BCUT2D eigenvalue weighted by molar-refractivity contribution is 8.02. The maximum atomic E-state index is 14.7. The lowest BCUT2D eigenvalue weighted by Gasteiger charge is -2.47. The Morgan fingerprint density at radius 3 is 2.30 bits per heavy atom. The van der Waals surface area contributed by atoms with Crippen LogP contribution in [0.4, 0.5) is 0 Å². The second-order valence-electron chi connectivity index (χ2n) is 13.1. The van der Waals surface area contributed by atoms with E-state index in [0.29, 0.717) is 13.1 Å². The van der Waals surface area contributed by atoms with Gasteiger partial charge in [0.05, 0.1) is 29.2 Å². The first-order chi connectivity index (χ1) is 17.1. The summed E-state index contributed by atoms with van der Waals surface area (Å²) in [4.78, 5) is 47.7. The minimum absolute atomic E-state index is 0.0129. The first-order valence-electron chi connectivity index (χ1n) is 13.5. The Morgan fingerprint density at radius 2 is 1.78 bits per heavy atom. The summed E-state index contributed by atoms with van der Waals surface area (Å²) in [5.74, 6) is -1.36. The fourth-order valence-corrected chi connectivity index (χ4v) is 9.82. The number of likely N-dealkylation sites (tertiary alicyclic amines) is 1. The number of nitrogens with zero attached hydrogens (tertiary/aromatic N) is 3. The fourth-order valence-electron chi connectivity index (χ4n) is 7.43. The maximum absolute atomic E-state index is 14.7. The number of aliphatic hydroxyl groups is 1. The summed E-state index contributed by atoms with van der Waals surface area (Å²) < 4.78 is -0.713. The van der Waals surface area contributed by atoms with Gasteiger partial charge >= 0.3 is 0 Å². The van der Waals surface area contributed by atoms with Crippen LogP contribution in [-0.2, 0) is 14.4 Å². The van der Waals surface area contributed by atoms with Gasteiger partial charge in [-0.15, -0.1) is 24.9 Å². The van der Waals surface area contributed by atoms with E-state index in [9.17, 15) is 19.5 Å². The highest BCUT2D eigenvalue weighted by Crippen LogP contribution is 2.69. The molecule has 3 aliphatic rings. The summed E-state index contributed by atoms with van der Waals surface area (Å²) >= 11 is 1.67. The van der Waals surface area contributed by atoms with Crippen molar-refractivity contribution in [1.82, 2.24) is 14.7 Å². The lowest BCUT2D eigenvalue weighted by molar-refractivity contribution is -0.149. The number of aliphatic hydroxyl groups excluding tert-OH is 1. The van der Waals surface area contributed by atoms with Gasteiger partial charge in [-0.2, -0.15) is 0 Å². The van der Waals surface area contributed by atoms with Gasteiger partial charge < -0.3 is 19.8 Å². The SMILES string of the molecule is C=CCN(C)C(=O)[C@@H]1[C@H]2C(=O)N([C@H](C)CO)C(C(=O)N(CC=C)C(C)(C)CC(C)(C)C)C23S[C@@H]1CC3C. The molecule has 3 fully saturated rings. The highest BCUT2D eigenvalue weighted by atomic mass is 32.2. The van der Waals surface area contributed by atoms with E-state index in [1.54, 1.807) is 47.7 Å². The molecule has 208 valence electrons. The molecule has 7 nitrogen and oxygen atoms in total. The average Bonchev–Trinajstić information content (AvgIpc) is 3.38. The summed E-state index contributed by atoms with van der Waals surface area (Å²) in [5.41, 5.74) is -0.506. The Bertz CT molecular complexity index is 944. The number of thioether (sulfide) groups is 1. The molecule has 37 heavy (non-hydrogen) atoms. The smallest absolute Gasteiger partial charge is 0.247 e. The molecular weight excluding hydrogens is 486 g/mol. The number of hydrogen-bond acceptors (Lipinski definition) is 5. The Morgan fingerprint density at radius 1 is 1.19 bits per heavy atom. The number of amides is 3. The zero-order valence-electron chi connectivity index (χ0n) is 24.0.